The van der Waals surface area contributed by atoms with E-state index in [1.54, 1.807) is 9.80 Å². The number of hydrogen-bond acceptors (Lipinski definition) is 6. The van der Waals surface area contributed by atoms with E-state index in [0.717, 1.165) is 44.9 Å². The van der Waals surface area contributed by atoms with E-state index in [1.165, 1.54) is 109 Å². The van der Waals surface area contributed by atoms with Crippen molar-refractivity contribution in [2.75, 3.05) is 39.8 Å². The van der Waals surface area contributed by atoms with Crippen LogP contribution in [0.4, 0.5) is 0 Å². The lowest BCUT2D eigenvalue weighted by atomic mass is 10.0. The van der Waals surface area contributed by atoms with Crippen LogP contribution in [0.1, 0.15) is 213 Å². The molecule has 11 nitrogen and oxygen atoms in total. The van der Waals surface area contributed by atoms with Crippen molar-refractivity contribution in [1.82, 2.24) is 31.1 Å². The van der Waals surface area contributed by atoms with E-state index in [2.05, 4.69) is 35.1 Å². The van der Waals surface area contributed by atoms with Gasteiger partial charge < -0.3 is 31.1 Å². The van der Waals surface area contributed by atoms with E-state index in [-0.39, 0.29) is 29.5 Å². The highest BCUT2D eigenvalue weighted by Crippen LogP contribution is 2.22. The van der Waals surface area contributed by atoms with E-state index in [1.807, 2.05) is 7.05 Å². The number of carbonyl (C=O) groups excluding carboxylic acids is 5. The zero-order valence-corrected chi connectivity index (χ0v) is 37.6. The highest BCUT2D eigenvalue weighted by molar-refractivity contribution is 5.92. The van der Waals surface area contributed by atoms with Gasteiger partial charge in [-0.15, -0.1) is 0 Å². The zero-order chi connectivity index (χ0) is 42.1. The Hall–Kier alpha value is -2.69. The Labute approximate surface area is 354 Å². The molecule has 2 rings (SSSR count). The summed E-state index contributed by atoms with van der Waals surface area (Å²) in [4.78, 5) is 69.7. The number of nitrogens with zero attached hydrogens (tertiary/aromatic N) is 2. The lowest BCUT2D eigenvalue weighted by Crippen LogP contribution is -2.53. The fourth-order valence-corrected chi connectivity index (χ4v) is 8.62. The smallest absolute Gasteiger partial charge is 0.243 e. The van der Waals surface area contributed by atoms with Crippen LogP contribution in [-0.2, 0) is 24.0 Å². The minimum absolute atomic E-state index is 0.0379. The number of rotatable bonds is 36. The maximum Gasteiger partial charge on any atom is 0.243 e. The van der Waals surface area contributed by atoms with Crippen molar-refractivity contribution in [1.29, 1.82) is 0 Å². The van der Waals surface area contributed by atoms with Crippen LogP contribution in [0.3, 0.4) is 0 Å². The average molecular weight is 817 g/mol. The third kappa shape index (κ3) is 22.6. The van der Waals surface area contributed by atoms with Gasteiger partial charge in [-0.3, -0.25) is 24.0 Å². The van der Waals surface area contributed by atoms with Crippen molar-refractivity contribution >= 4 is 29.5 Å². The molecule has 0 aromatic heterocycles. The zero-order valence-electron chi connectivity index (χ0n) is 37.6. The molecule has 2 aliphatic heterocycles. The van der Waals surface area contributed by atoms with Gasteiger partial charge in [0.2, 0.25) is 29.5 Å². The van der Waals surface area contributed by atoms with Gasteiger partial charge in [0.1, 0.15) is 18.1 Å². The molecule has 3 atom stereocenters. The summed E-state index contributed by atoms with van der Waals surface area (Å²) in [5.41, 5.74) is 0. The molecule has 11 heteroatoms. The third-order valence-corrected chi connectivity index (χ3v) is 12.3. The van der Waals surface area contributed by atoms with Crippen LogP contribution in [0.15, 0.2) is 0 Å². The number of hydrogen-bond donors (Lipinski definition) is 4. The van der Waals surface area contributed by atoms with Gasteiger partial charge >= 0.3 is 0 Å². The first-order valence-electron chi connectivity index (χ1n) is 24.4. The van der Waals surface area contributed by atoms with Gasteiger partial charge in [0, 0.05) is 45.6 Å². The van der Waals surface area contributed by atoms with Gasteiger partial charge in [0.05, 0.1) is 0 Å². The first-order chi connectivity index (χ1) is 28.3. The Morgan fingerprint density at radius 2 is 0.931 bits per heavy atom. The SMILES string of the molecule is CCCCCCCCCCCCCC(=O)N1CCCC1C(=O)NCCCCC(NC(=O)C1CCCN1C(=O)CCCCCCCCCCCCC)C(=O)NCCNC. The molecule has 2 saturated heterocycles. The van der Waals surface area contributed by atoms with Crippen molar-refractivity contribution in [3.05, 3.63) is 0 Å². The molecule has 0 aromatic rings. The Morgan fingerprint density at radius 1 is 0.500 bits per heavy atom. The molecule has 0 radical (unpaired) electrons. The monoisotopic (exact) mass is 817 g/mol. The van der Waals surface area contributed by atoms with Crippen LogP contribution >= 0.6 is 0 Å². The van der Waals surface area contributed by atoms with Gasteiger partial charge in [-0.25, -0.2) is 0 Å². The molecule has 2 aliphatic rings. The highest BCUT2D eigenvalue weighted by Gasteiger charge is 2.36. The third-order valence-electron chi connectivity index (χ3n) is 12.3. The Balaban J connectivity index is 1.71. The summed E-state index contributed by atoms with van der Waals surface area (Å²) in [7, 11) is 1.82. The minimum Gasteiger partial charge on any atom is -0.354 e. The van der Waals surface area contributed by atoms with Gasteiger partial charge in [0.25, 0.3) is 0 Å². The van der Waals surface area contributed by atoms with Gasteiger partial charge in [-0.1, -0.05) is 142 Å². The van der Waals surface area contributed by atoms with Crippen molar-refractivity contribution in [3.63, 3.8) is 0 Å². The summed E-state index contributed by atoms with van der Waals surface area (Å²) in [6.07, 6.45) is 32.8. The van der Waals surface area contributed by atoms with Crippen molar-refractivity contribution in [3.8, 4) is 0 Å². The Kier molecular flexibility index (Phi) is 30.2. The van der Waals surface area contributed by atoms with Crippen LogP contribution in [0, 0.1) is 0 Å². The molecule has 2 heterocycles. The first kappa shape index (κ1) is 51.5. The first-order valence-corrected chi connectivity index (χ1v) is 24.4. The number of likely N-dealkylation sites (tertiary alicyclic amines) is 2. The van der Waals surface area contributed by atoms with Crippen LogP contribution in [0.5, 0.6) is 0 Å². The molecule has 5 amide bonds. The number of unbranched alkanes of at least 4 members (excludes halogenated alkanes) is 21. The largest absolute Gasteiger partial charge is 0.354 e. The van der Waals surface area contributed by atoms with E-state index in [4.69, 9.17) is 0 Å². The Bertz CT molecular complexity index is 1120. The molecular weight excluding hydrogens is 729 g/mol. The van der Waals surface area contributed by atoms with Gasteiger partial charge in [-0.2, -0.15) is 0 Å². The molecule has 2 fully saturated rings. The minimum atomic E-state index is -0.720. The summed E-state index contributed by atoms with van der Waals surface area (Å²) in [5, 5.41) is 12.0. The summed E-state index contributed by atoms with van der Waals surface area (Å²) >= 11 is 0. The molecule has 336 valence electrons. The van der Waals surface area contributed by atoms with Crippen molar-refractivity contribution in [2.24, 2.45) is 0 Å². The molecule has 3 unspecified atom stereocenters. The van der Waals surface area contributed by atoms with Crippen molar-refractivity contribution < 1.29 is 24.0 Å². The normalized spacial score (nSPS) is 17.1. The molecule has 58 heavy (non-hydrogen) atoms. The molecular formula is C47H88N6O5. The summed E-state index contributed by atoms with van der Waals surface area (Å²) < 4.78 is 0. The van der Waals surface area contributed by atoms with Crippen LogP contribution < -0.4 is 21.3 Å². The summed E-state index contributed by atoms with van der Waals surface area (Å²) in [6, 6.07) is -1.67. The number of nitrogens with one attached hydrogen (secondary N) is 4. The fraction of sp³-hybridized carbons (Fsp3) is 0.894. The quantitative estimate of drug-likeness (QED) is 0.0468. The second-order valence-electron chi connectivity index (χ2n) is 17.3. The molecule has 0 spiro atoms. The van der Waals surface area contributed by atoms with Gasteiger partial charge in [-0.05, 0) is 64.8 Å². The second kappa shape index (κ2) is 34.1. The van der Waals surface area contributed by atoms with E-state index < -0.39 is 18.1 Å². The van der Waals surface area contributed by atoms with Gasteiger partial charge in [0.15, 0.2) is 0 Å². The Morgan fingerprint density at radius 3 is 1.38 bits per heavy atom. The molecule has 0 bridgehead atoms. The predicted molar refractivity (Wildman–Crippen MR) is 237 cm³/mol. The van der Waals surface area contributed by atoms with E-state index >= 15 is 0 Å². The lowest BCUT2D eigenvalue weighted by molar-refractivity contribution is -0.139. The standard InChI is InChI=1S/C47H88N6O5/c1-4-6-8-10-12-14-16-18-20-22-24-33-43(54)52-38-28-31-41(52)46(57)49-35-27-26-30-40(45(56)50-37-36-48-3)51-47(58)42-32-29-39-53(42)44(55)34-25-23-21-19-17-15-13-11-9-7-5-2/h40-42,48H,4-39H2,1-3H3,(H,49,57)(H,50,56)(H,51,58). The lowest BCUT2D eigenvalue weighted by Gasteiger charge is -2.26. The molecule has 0 aliphatic carbocycles. The van der Waals surface area contributed by atoms with Crippen LogP contribution in [0.2, 0.25) is 0 Å². The second-order valence-corrected chi connectivity index (χ2v) is 17.3. The number of amides is 5. The average Bonchev–Trinajstić information content (AvgIpc) is 3.93. The fourth-order valence-electron chi connectivity index (χ4n) is 8.62. The van der Waals surface area contributed by atoms with E-state index in [0.29, 0.717) is 77.7 Å². The van der Waals surface area contributed by atoms with E-state index in [9.17, 15) is 24.0 Å². The summed E-state index contributed by atoms with van der Waals surface area (Å²) in [6.45, 7) is 7.22. The summed E-state index contributed by atoms with van der Waals surface area (Å²) in [5.74, 6) is -0.462. The van der Waals surface area contributed by atoms with Crippen molar-refractivity contribution in [2.45, 2.75) is 231 Å². The molecule has 4 N–H and O–H groups in total. The molecule has 0 saturated carbocycles. The topological polar surface area (TPSA) is 140 Å². The maximum atomic E-state index is 13.6. The highest BCUT2D eigenvalue weighted by atomic mass is 16.2. The van der Waals surface area contributed by atoms with Crippen LogP contribution in [-0.4, -0.2) is 97.2 Å². The molecule has 0 aromatic carbocycles. The maximum absolute atomic E-state index is 13.6. The van der Waals surface area contributed by atoms with Crippen LogP contribution in [0.25, 0.3) is 0 Å². The number of carbonyl (C=O) groups is 5. The predicted octanol–water partition coefficient (Wildman–Crippen LogP) is 8.48. The number of likely N-dealkylation sites (N-methyl/N-ethyl adjacent to an activating group) is 1.